The molecular weight excluding hydrogens is 364 g/mol. The van der Waals surface area contributed by atoms with E-state index >= 15 is 0 Å². The van der Waals surface area contributed by atoms with Crippen LogP contribution in [0.5, 0.6) is 0 Å². The molecule has 1 saturated carbocycles. The maximum absolute atomic E-state index is 13.8. The predicted octanol–water partition coefficient (Wildman–Crippen LogP) is 8.01. The minimum Gasteiger partial charge on any atom is -0.247 e. The monoisotopic (exact) mass is 390 g/mol. The van der Waals surface area contributed by atoms with Crippen molar-refractivity contribution in [2.24, 2.45) is 5.92 Å². The van der Waals surface area contributed by atoms with Crippen LogP contribution in [0.25, 0.3) is 11.1 Å². The summed E-state index contributed by atoms with van der Waals surface area (Å²) in [4.78, 5) is 0. The fourth-order valence-corrected chi connectivity index (χ4v) is 4.13. The molecular formula is C24H26F4. The summed E-state index contributed by atoms with van der Waals surface area (Å²) < 4.78 is 51.3. The molecule has 4 heteroatoms. The molecule has 1 fully saturated rings. The molecule has 0 heterocycles. The minimum absolute atomic E-state index is 0.383. The Kier molecular flexibility index (Phi) is 7.30. The number of allylic oxidation sites excluding steroid dienone is 2. The van der Waals surface area contributed by atoms with Crippen LogP contribution in [-0.4, -0.2) is 6.67 Å². The number of hydrogen-bond acceptors (Lipinski definition) is 0. The molecule has 0 aromatic heterocycles. The van der Waals surface area contributed by atoms with E-state index in [1.54, 1.807) is 12.1 Å². The summed E-state index contributed by atoms with van der Waals surface area (Å²) in [7, 11) is 0. The fraction of sp³-hybridized carbons (Fsp3) is 0.417. The van der Waals surface area contributed by atoms with Gasteiger partial charge in [-0.1, -0.05) is 42.5 Å². The molecule has 0 amide bonds. The van der Waals surface area contributed by atoms with Gasteiger partial charge in [-0.15, -0.1) is 0 Å². The Morgan fingerprint density at radius 1 is 0.893 bits per heavy atom. The van der Waals surface area contributed by atoms with Crippen LogP contribution in [-0.2, 0) is 0 Å². The highest BCUT2D eigenvalue weighted by Gasteiger charge is 2.22. The van der Waals surface area contributed by atoms with Crippen LogP contribution < -0.4 is 0 Å². The highest BCUT2D eigenvalue weighted by molar-refractivity contribution is 5.64. The first-order chi connectivity index (χ1) is 13.6. The first kappa shape index (κ1) is 20.6. The molecule has 0 nitrogen and oxygen atoms in total. The quantitative estimate of drug-likeness (QED) is 0.332. The Labute approximate surface area is 164 Å². The van der Waals surface area contributed by atoms with E-state index in [0.29, 0.717) is 11.5 Å². The van der Waals surface area contributed by atoms with E-state index in [2.05, 4.69) is 12.1 Å². The van der Waals surface area contributed by atoms with Gasteiger partial charge in [0.2, 0.25) is 0 Å². The standard InChI is InChI=1S/C24H26F4/c25-15-3-1-2-4-17-5-7-18(8-6-17)19-9-11-20(12-10-19)21-13-14-22(24(27)28)23(26)16-21/h1,3,9-14,16-18,24H,2,4-8,15H2/b3-1+/t17-,18-. The smallest absolute Gasteiger partial charge is 0.247 e. The average molecular weight is 390 g/mol. The van der Waals surface area contributed by atoms with Gasteiger partial charge in [-0.3, -0.25) is 0 Å². The zero-order chi connectivity index (χ0) is 19.9. The molecule has 0 spiro atoms. The van der Waals surface area contributed by atoms with Crippen LogP contribution in [0.4, 0.5) is 17.6 Å². The van der Waals surface area contributed by atoms with Gasteiger partial charge in [-0.25, -0.2) is 17.6 Å². The van der Waals surface area contributed by atoms with E-state index in [9.17, 15) is 17.6 Å². The Morgan fingerprint density at radius 2 is 1.57 bits per heavy atom. The van der Waals surface area contributed by atoms with Gasteiger partial charge in [0.15, 0.2) is 0 Å². The molecule has 1 aliphatic rings. The second kappa shape index (κ2) is 9.90. The summed E-state index contributed by atoms with van der Waals surface area (Å²) in [5.41, 5.74) is 2.16. The Hall–Kier alpha value is -2.10. The van der Waals surface area contributed by atoms with E-state index in [4.69, 9.17) is 0 Å². The van der Waals surface area contributed by atoms with Crippen molar-refractivity contribution in [2.45, 2.75) is 50.9 Å². The first-order valence-corrected chi connectivity index (χ1v) is 9.97. The zero-order valence-electron chi connectivity index (χ0n) is 15.9. The number of benzene rings is 2. The number of alkyl halides is 3. The minimum atomic E-state index is -2.80. The molecule has 28 heavy (non-hydrogen) atoms. The van der Waals surface area contributed by atoms with Crippen LogP contribution in [0.1, 0.15) is 62.0 Å². The van der Waals surface area contributed by atoms with Crippen molar-refractivity contribution in [1.29, 1.82) is 0 Å². The van der Waals surface area contributed by atoms with E-state index in [1.807, 2.05) is 18.2 Å². The van der Waals surface area contributed by atoms with Gasteiger partial charge in [-0.05, 0) is 79.2 Å². The van der Waals surface area contributed by atoms with Crippen molar-refractivity contribution in [3.8, 4) is 11.1 Å². The fourth-order valence-electron chi connectivity index (χ4n) is 4.13. The molecule has 2 aromatic carbocycles. The molecule has 1 aliphatic carbocycles. The van der Waals surface area contributed by atoms with Crippen molar-refractivity contribution >= 4 is 0 Å². The lowest BCUT2D eigenvalue weighted by Crippen LogP contribution is -2.13. The number of halogens is 4. The summed E-state index contributed by atoms with van der Waals surface area (Å²) >= 11 is 0. The molecule has 0 unspecified atom stereocenters. The second-order valence-electron chi connectivity index (χ2n) is 7.58. The average Bonchev–Trinajstić information content (AvgIpc) is 2.71. The maximum atomic E-state index is 13.8. The predicted molar refractivity (Wildman–Crippen MR) is 106 cm³/mol. The lowest BCUT2D eigenvalue weighted by atomic mass is 9.77. The Bertz CT molecular complexity index is 772. The molecule has 0 aliphatic heterocycles. The zero-order valence-corrected chi connectivity index (χ0v) is 15.9. The van der Waals surface area contributed by atoms with Crippen LogP contribution in [0.3, 0.4) is 0 Å². The largest absolute Gasteiger partial charge is 0.266 e. The summed E-state index contributed by atoms with van der Waals surface area (Å²) in [5.74, 6) is 0.386. The van der Waals surface area contributed by atoms with Gasteiger partial charge in [0.1, 0.15) is 12.5 Å². The van der Waals surface area contributed by atoms with Crippen LogP contribution in [0, 0.1) is 11.7 Å². The van der Waals surface area contributed by atoms with Gasteiger partial charge in [0, 0.05) is 0 Å². The highest BCUT2D eigenvalue weighted by Crippen LogP contribution is 2.38. The number of hydrogen-bond donors (Lipinski definition) is 0. The Balaban J connectivity index is 1.58. The number of rotatable bonds is 7. The summed E-state index contributed by atoms with van der Waals surface area (Å²) in [6, 6.07) is 11.9. The van der Waals surface area contributed by atoms with Crippen LogP contribution in [0.2, 0.25) is 0 Å². The third-order valence-corrected chi connectivity index (χ3v) is 5.80. The topological polar surface area (TPSA) is 0 Å². The first-order valence-electron chi connectivity index (χ1n) is 9.97. The molecule has 150 valence electrons. The van der Waals surface area contributed by atoms with Gasteiger partial charge in [0.25, 0.3) is 6.43 Å². The summed E-state index contributed by atoms with van der Waals surface area (Å²) in [5, 5.41) is 0. The molecule has 0 saturated heterocycles. The van der Waals surface area contributed by atoms with Gasteiger partial charge >= 0.3 is 0 Å². The van der Waals surface area contributed by atoms with Crippen molar-refractivity contribution in [2.75, 3.05) is 6.67 Å². The van der Waals surface area contributed by atoms with E-state index in [0.717, 1.165) is 43.2 Å². The van der Waals surface area contributed by atoms with Crippen LogP contribution in [0.15, 0.2) is 54.6 Å². The normalized spacial score (nSPS) is 20.2. The van der Waals surface area contributed by atoms with E-state index in [1.165, 1.54) is 24.5 Å². The highest BCUT2D eigenvalue weighted by atomic mass is 19.3. The maximum Gasteiger partial charge on any atom is 0.266 e. The second-order valence-corrected chi connectivity index (χ2v) is 7.58. The lowest BCUT2D eigenvalue weighted by molar-refractivity contribution is 0.146. The molecule has 0 radical (unpaired) electrons. The molecule has 0 bridgehead atoms. The summed E-state index contributed by atoms with van der Waals surface area (Å²) in [6.45, 7) is -0.383. The van der Waals surface area contributed by atoms with Gasteiger partial charge in [-0.2, -0.15) is 0 Å². The van der Waals surface area contributed by atoms with E-state index < -0.39 is 17.8 Å². The van der Waals surface area contributed by atoms with Crippen molar-refractivity contribution in [3.63, 3.8) is 0 Å². The SMILES string of the molecule is FC/C=C/CC[C@H]1CC[C@H](c2ccc(-c3ccc(C(F)F)c(F)c3)cc2)CC1. The molecule has 2 aromatic rings. The van der Waals surface area contributed by atoms with Gasteiger partial charge in [0.05, 0.1) is 5.56 Å². The van der Waals surface area contributed by atoms with Crippen molar-refractivity contribution in [1.82, 2.24) is 0 Å². The Morgan fingerprint density at radius 3 is 2.18 bits per heavy atom. The van der Waals surface area contributed by atoms with Gasteiger partial charge < -0.3 is 0 Å². The molecule has 0 N–H and O–H groups in total. The molecule has 3 rings (SSSR count). The van der Waals surface area contributed by atoms with Crippen LogP contribution >= 0.6 is 0 Å². The summed E-state index contributed by atoms with van der Waals surface area (Å²) in [6.07, 6.45) is 7.47. The van der Waals surface area contributed by atoms with Crippen molar-refractivity contribution < 1.29 is 17.6 Å². The lowest BCUT2D eigenvalue weighted by Gasteiger charge is -2.28. The molecule has 0 atom stereocenters. The third kappa shape index (κ3) is 5.24. The van der Waals surface area contributed by atoms with Crippen molar-refractivity contribution in [3.05, 3.63) is 71.6 Å². The van der Waals surface area contributed by atoms with E-state index in [-0.39, 0.29) is 6.67 Å². The third-order valence-electron chi connectivity index (χ3n) is 5.80.